The van der Waals surface area contributed by atoms with Crippen molar-refractivity contribution in [1.82, 2.24) is 10.1 Å². The Labute approximate surface area is 108 Å². The average molecular weight is 249 g/mol. The molecular weight excluding hydrogens is 226 g/mol. The summed E-state index contributed by atoms with van der Waals surface area (Å²) in [4.78, 5) is 4.57. The van der Waals surface area contributed by atoms with E-state index in [9.17, 15) is 0 Å². The summed E-state index contributed by atoms with van der Waals surface area (Å²) in [5.74, 6) is 3.70. The van der Waals surface area contributed by atoms with Gasteiger partial charge < -0.3 is 10.3 Å². The summed E-state index contributed by atoms with van der Waals surface area (Å²) in [6.07, 6.45) is 5.34. The number of fused-ring (bicyclic) bond motifs is 2. The molecule has 0 amide bonds. The van der Waals surface area contributed by atoms with E-state index in [0.717, 1.165) is 17.7 Å². The van der Waals surface area contributed by atoms with Crippen molar-refractivity contribution in [3.05, 3.63) is 11.7 Å². The van der Waals surface area contributed by atoms with Gasteiger partial charge in [-0.05, 0) is 36.5 Å². The minimum atomic E-state index is -0.183. The molecule has 1 aromatic heterocycles. The Morgan fingerprint density at radius 3 is 2.61 bits per heavy atom. The Morgan fingerprint density at radius 2 is 2.06 bits per heavy atom. The van der Waals surface area contributed by atoms with E-state index in [4.69, 9.17) is 10.3 Å². The van der Waals surface area contributed by atoms with Crippen LogP contribution in [0, 0.1) is 17.3 Å². The summed E-state index contributed by atoms with van der Waals surface area (Å²) in [6, 6.07) is -0.183. The van der Waals surface area contributed by atoms with Gasteiger partial charge in [-0.2, -0.15) is 4.98 Å². The summed E-state index contributed by atoms with van der Waals surface area (Å²) in [5, 5.41) is 4.19. The van der Waals surface area contributed by atoms with Gasteiger partial charge in [-0.15, -0.1) is 0 Å². The van der Waals surface area contributed by atoms with E-state index in [-0.39, 0.29) is 11.5 Å². The Balaban J connectivity index is 1.78. The summed E-state index contributed by atoms with van der Waals surface area (Å²) in [5.41, 5.74) is 6.12. The average Bonchev–Trinajstić information content (AvgIpc) is 3.02. The van der Waals surface area contributed by atoms with Crippen LogP contribution in [-0.4, -0.2) is 10.1 Å². The topological polar surface area (TPSA) is 64.9 Å². The van der Waals surface area contributed by atoms with Crippen LogP contribution in [-0.2, 0) is 0 Å². The lowest BCUT2D eigenvalue weighted by molar-refractivity contribution is 0.251. The highest BCUT2D eigenvalue weighted by Gasteiger charge is 2.42. The van der Waals surface area contributed by atoms with Gasteiger partial charge in [0.05, 0.1) is 6.04 Å². The lowest BCUT2D eigenvalue weighted by Crippen LogP contribution is -2.26. The van der Waals surface area contributed by atoms with E-state index in [2.05, 4.69) is 30.9 Å². The molecule has 0 aromatic carbocycles. The van der Waals surface area contributed by atoms with Crippen molar-refractivity contribution >= 4 is 0 Å². The monoisotopic (exact) mass is 249 g/mol. The number of hydrogen-bond acceptors (Lipinski definition) is 4. The standard InChI is InChI=1S/C14H23N3O/c1-14(2,3)11(15)13-16-12(17-18-13)10-7-8-4-5-9(10)6-8/h8-11H,4-7,15H2,1-3H3. The quantitative estimate of drug-likeness (QED) is 0.875. The fraction of sp³-hybridized carbons (Fsp3) is 0.857. The van der Waals surface area contributed by atoms with E-state index in [0.29, 0.717) is 11.8 Å². The highest BCUT2D eigenvalue weighted by molar-refractivity contribution is 5.08. The second-order valence-corrected chi connectivity index (χ2v) is 7.12. The summed E-state index contributed by atoms with van der Waals surface area (Å²) in [6.45, 7) is 6.29. The first-order chi connectivity index (χ1) is 8.45. The largest absolute Gasteiger partial charge is 0.338 e. The maximum atomic E-state index is 6.16. The van der Waals surface area contributed by atoms with Crippen molar-refractivity contribution in [3.63, 3.8) is 0 Å². The molecule has 100 valence electrons. The Bertz CT molecular complexity index is 434. The highest BCUT2D eigenvalue weighted by atomic mass is 16.5. The minimum absolute atomic E-state index is 0.0432. The normalized spacial score (nSPS) is 33.0. The van der Waals surface area contributed by atoms with Gasteiger partial charge in [-0.1, -0.05) is 32.3 Å². The molecular formula is C14H23N3O. The second-order valence-electron chi connectivity index (χ2n) is 7.12. The molecule has 1 aromatic rings. The SMILES string of the molecule is CC(C)(C)C(N)c1nc(C2CC3CCC2C3)no1. The maximum Gasteiger partial charge on any atom is 0.244 e. The number of hydrogen-bond donors (Lipinski definition) is 1. The van der Waals surface area contributed by atoms with Crippen LogP contribution < -0.4 is 5.73 Å². The van der Waals surface area contributed by atoms with Crippen LogP contribution in [0.1, 0.15) is 70.1 Å². The maximum absolute atomic E-state index is 6.16. The van der Waals surface area contributed by atoms with E-state index >= 15 is 0 Å². The predicted octanol–water partition coefficient (Wildman–Crippen LogP) is 3.02. The van der Waals surface area contributed by atoms with Gasteiger partial charge >= 0.3 is 0 Å². The van der Waals surface area contributed by atoms with Crippen molar-refractivity contribution in [2.45, 2.75) is 58.4 Å². The van der Waals surface area contributed by atoms with Gasteiger partial charge in [-0.25, -0.2) is 0 Å². The predicted molar refractivity (Wildman–Crippen MR) is 68.9 cm³/mol. The van der Waals surface area contributed by atoms with Crippen LogP contribution in [0.15, 0.2) is 4.52 Å². The lowest BCUT2D eigenvalue weighted by Gasteiger charge is -2.23. The van der Waals surface area contributed by atoms with Gasteiger partial charge in [0, 0.05) is 5.92 Å². The molecule has 2 aliphatic carbocycles. The number of nitrogens with two attached hydrogens (primary N) is 1. The van der Waals surface area contributed by atoms with Crippen LogP contribution in [0.4, 0.5) is 0 Å². The van der Waals surface area contributed by atoms with Crippen molar-refractivity contribution in [1.29, 1.82) is 0 Å². The number of rotatable bonds is 2. The van der Waals surface area contributed by atoms with Gasteiger partial charge in [0.25, 0.3) is 0 Å². The molecule has 2 fully saturated rings. The Morgan fingerprint density at radius 1 is 1.28 bits per heavy atom. The van der Waals surface area contributed by atoms with Crippen molar-refractivity contribution < 1.29 is 4.52 Å². The molecule has 2 bridgehead atoms. The molecule has 1 heterocycles. The first kappa shape index (κ1) is 12.2. The zero-order chi connectivity index (χ0) is 12.9. The molecule has 0 aliphatic heterocycles. The zero-order valence-corrected chi connectivity index (χ0v) is 11.5. The van der Waals surface area contributed by atoms with E-state index < -0.39 is 0 Å². The molecule has 0 radical (unpaired) electrons. The molecule has 0 saturated heterocycles. The first-order valence-electron chi connectivity index (χ1n) is 7.04. The van der Waals surface area contributed by atoms with Crippen LogP contribution >= 0.6 is 0 Å². The summed E-state index contributed by atoms with van der Waals surface area (Å²) < 4.78 is 5.39. The van der Waals surface area contributed by atoms with E-state index in [1.165, 1.54) is 25.7 Å². The zero-order valence-electron chi connectivity index (χ0n) is 11.5. The van der Waals surface area contributed by atoms with Crippen LogP contribution in [0.5, 0.6) is 0 Å². The number of nitrogens with zero attached hydrogens (tertiary/aromatic N) is 2. The van der Waals surface area contributed by atoms with Crippen molar-refractivity contribution in [2.24, 2.45) is 23.0 Å². The molecule has 4 nitrogen and oxygen atoms in total. The molecule has 2 saturated carbocycles. The highest BCUT2D eigenvalue weighted by Crippen LogP contribution is 2.52. The van der Waals surface area contributed by atoms with Crippen LogP contribution in [0.2, 0.25) is 0 Å². The van der Waals surface area contributed by atoms with Gasteiger partial charge in [0.15, 0.2) is 5.82 Å². The minimum Gasteiger partial charge on any atom is -0.338 e. The van der Waals surface area contributed by atoms with Gasteiger partial charge in [0.1, 0.15) is 0 Å². The third kappa shape index (κ3) is 1.96. The van der Waals surface area contributed by atoms with Crippen LogP contribution in [0.25, 0.3) is 0 Å². The third-order valence-electron chi connectivity index (χ3n) is 4.73. The Hall–Kier alpha value is -0.900. The van der Waals surface area contributed by atoms with E-state index in [1.807, 2.05) is 0 Å². The van der Waals surface area contributed by atoms with Crippen LogP contribution in [0.3, 0.4) is 0 Å². The van der Waals surface area contributed by atoms with Crippen molar-refractivity contribution in [2.75, 3.05) is 0 Å². The molecule has 2 N–H and O–H groups in total. The Kier molecular flexibility index (Phi) is 2.73. The molecule has 18 heavy (non-hydrogen) atoms. The summed E-state index contributed by atoms with van der Waals surface area (Å²) >= 11 is 0. The molecule has 4 atom stereocenters. The fourth-order valence-corrected chi connectivity index (χ4v) is 3.46. The summed E-state index contributed by atoms with van der Waals surface area (Å²) in [7, 11) is 0. The lowest BCUT2D eigenvalue weighted by atomic mass is 9.87. The van der Waals surface area contributed by atoms with Crippen molar-refractivity contribution in [3.8, 4) is 0 Å². The molecule has 4 unspecified atom stereocenters. The molecule has 3 rings (SSSR count). The smallest absolute Gasteiger partial charge is 0.244 e. The molecule has 4 heteroatoms. The second kappa shape index (κ2) is 4.05. The molecule has 0 spiro atoms. The van der Waals surface area contributed by atoms with E-state index in [1.54, 1.807) is 0 Å². The van der Waals surface area contributed by atoms with Gasteiger partial charge in [-0.3, -0.25) is 0 Å². The fourth-order valence-electron chi connectivity index (χ4n) is 3.46. The molecule has 2 aliphatic rings. The van der Waals surface area contributed by atoms with Gasteiger partial charge in [0.2, 0.25) is 5.89 Å². The first-order valence-corrected chi connectivity index (χ1v) is 7.04. The third-order valence-corrected chi connectivity index (χ3v) is 4.73. The number of aromatic nitrogens is 2.